The topological polar surface area (TPSA) is 134 Å². The molecule has 0 radical (unpaired) electrons. The summed E-state index contributed by atoms with van der Waals surface area (Å²) >= 11 is 0. The van der Waals surface area contributed by atoms with Crippen molar-refractivity contribution in [1.29, 1.82) is 0 Å². The number of carbonyl (C=O) groups is 2. The number of hydrogen-bond donors (Lipinski definition) is 3. The Balaban J connectivity index is 1.80. The fourth-order valence-corrected chi connectivity index (χ4v) is 4.09. The Labute approximate surface area is 187 Å². The molecule has 180 valence electrons. The second-order valence-electron chi connectivity index (χ2n) is 8.21. The summed E-state index contributed by atoms with van der Waals surface area (Å²) in [6.45, 7) is 4.88. The number of amides is 3. The van der Waals surface area contributed by atoms with Crippen molar-refractivity contribution in [1.82, 2.24) is 14.9 Å². The van der Waals surface area contributed by atoms with Crippen LogP contribution < -0.4 is 14.8 Å². The fourth-order valence-electron chi connectivity index (χ4n) is 2.80. The first-order valence-electron chi connectivity index (χ1n) is 10.2. The summed E-state index contributed by atoms with van der Waals surface area (Å²) < 4.78 is 51.8. The van der Waals surface area contributed by atoms with Crippen LogP contribution >= 0.6 is 0 Å². The van der Waals surface area contributed by atoms with Crippen LogP contribution in [0.2, 0.25) is 0 Å². The van der Waals surface area contributed by atoms with E-state index in [-0.39, 0.29) is 56.7 Å². The van der Waals surface area contributed by atoms with Crippen LogP contribution in [0.4, 0.5) is 9.18 Å². The Morgan fingerprint density at radius 1 is 1.34 bits per heavy atom. The summed E-state index contributed by atoms with van der Waals surface area (Å²) in [6, 6.07) is 2.86. The number of ether oxygens (including phenoxy) is 2. The second-order valence-corrected chi connectivity index (χ2v) is 10.1. The molecule has 0 unspecified atom stereocenters. The van der Waals surface area contributed by atoms with Crippen molar-refractivity contribution in [2.45, 2.75) is 45.3 Å². The standard InChI is InChI=1S/C20H30FN3O7S/c1-14(15-5-6-16(21)17(11-15)31-12-20(2,3)27)23-32(28,29)10-4-9-30-13-24-8-7-18(25)22-19(24)26/h5-6,11,14,23,27H,4,7-10,12-13H2,1-3H3,(H,22,25,26)/t14-/m1/s1. The number of sulfonamides is 1. The molecule has 1 atom stereocenters. The number of urea groups is 1. The molecule has 3 N–H and O–H groups in total. The third-order valence-corrected chi connectivity index (χ3v) is 6.02. The van der Waals surface area contributed by atoms with Gasteiger partial charge in [0.05, 0.1) is 11.4 Å². The van der Waals surface area contributed by atoms with Crippen molar-refractivity contribution in [3.8, 4) is 5.75 Å². The Morgan fingerprint density at radius 3 is 2.72 bits per heavy atom. The molecular formula is C20H30FN3O7S. The molecule has 1 aromatic rings. The average molecular weight is 476 g/mol. The maximum Gasteiger partial charge on any atom is 0.325 e. The predicted octanol–water partition coefficient (Wildman–Crippen LogP) is 1.26. The van der Waals surface area contributed by atoms with E-state index in [1.807, 2.05) is 0 Å². The number of carbonyl (C=O) groups excluding carboxylic acids is 2. The molecule has 0 bridgehead atoms. The van der Waals surface area contributed by atoms with Gasteiger partial charge in [-0.25, -0.2) is 22.3 Å². The molecule has 0 spiro atoms. The number of nitrogens with one attached hydrogen (secondary N) is 2. The SMILES string of the molecule is C[C@@H](NS(=O)(=O)CCCOCN1CCC(=O)NC1=O)c1ccc(F)c(OCC(C)(C)O)c1. The average Bonchev–Trinajstić information content (AvgIpc) is 2.67. The monoisotopic (exact) mass is 475 g/mol. The molecule has 0 aliphatic carbocycles. The Morgan fingerprint density at radius 2 is 2.06 bits per heavy atom. The van der Waals surface area contributed by atoms with E-state index < -0.39 is 33.5 Å². The van der Waals surface area contributed by atoms with E-state index in [0.717, 1.165) is 0 Å². The van der Waals surface area contributed by atoms with Gasteiger partial charge in [0, 0.05) is 25.6 Å². The molecule has 10 nitrogen and oxygen atoms in total. The molecule has 0 aromatic heterocycles. The zero-order valence-electron chi connectivity index (χ0n) is 18.4. The van der Waals surface area contributed by atoms with Gasteiger partial charge in [0.25, 0.3) is 0 Å². The van der Waals surface area contributed by atoms with Crippen molar-refractivity contribution < 1.29 is 37.0 Å². The van der Waals surface area contributed by atoms with Gasteiger partial charge < -0.3 is 19.5 Å². The summed E-state index contributed by atoms with van der Waals surface area (Å²) in [5.41, 5.74) is -0.643. The summed E-state index contributed by atoms with van der Waals surface area (Å²) in [5.74, 6) is -1.23. The highest BCUT2D eigenvalue weighted by molar-refractivity contribution is 7.89. The van der Waals surface area contributed by atoms with Crippen LogP contribution in [0.15, 0.2) is 18.2 Å². The molecule has 1 aliphatic heterocycles. The Hall–Kier alpha value is -2.28. The molecule has 2 rings (SSSR count). The number of nitrogens with zero attached hydrogens (tertiary/aromatic N) is 1. The zero-order chi connectivity index (χ0) is 23.9. The molecular weight excluding hydrogens is 445 g/mol. The smallest absolute Gasteiger partial charge is 0.325 e. The minimum atomic E-state index is -3.65. The first kappa shape index (κ1) is 26.0. The molecule has 1 heterocycles. The largest absolute Gasteiger partial charge is 0.488 e. The van der Waals surface area contributed by atoms with Crippen molar-refractivity contribution in [3.63, 3.8) is 0 Å². The van der Waals surface area contributed by atoms with Gasteiger partial charge in [0.1, 0.15) is 13.3 Å². The molecule has 12 heteroatoms. The van der Waals surface area contributed by atoms with Crippen LogP contribution in [0.1, 0.15) is 45.2 Å². The number of aliphatic hydroxyl groups is 1. The van der Waals surface area contributed by atoms with Gasteiger partial charge in [0.15, 0.2) is 11.6 Å². The van der Waals surface area contributed by atoms with Gasteiger partial charge in [-0.15, -0.1) is 0 Å². The lowest BCUT2D eigenvalue weighted by molar-refractivity contribution is -0.122. The van der Waals surface area contributed by atoms with Crippen LogP contribution in [0.5, 0.6) is 5.75 Å². The van der Waals surface area contributed by atoms with Gasteiger partial charge in [-0.2, -0.15) is 0 Å². The fraction of sp³-hybridized carbons (Fsp3) is 0.600. The molecule has 32 heavy (non-hydrogen) atoms. The van der Waals surface area contributed by atoms with Gasteiger partial charge in [0.2, 0.25) is 15.9 Å². The van der Waals surface area contributed by atoms with Crippen LogP contribution in [-0.4, -0.2) is 68.2 Å². The van der Waals surface area contributed by atoms with E-state index in [1.54, 1.807) is 6.92 Å². The summed E-state index contributed by atoms with van der Waals surface area (Å²) in [5, 5.41) is 11.9. The lowest BCUT2D eigenvalue weighted by Gasteiger charge is -2.26. The normalized spacial score (nSPS) is 16.1. The molecule has 1 saturated heterocycles. The number of halogens is 1. The van der Waals surface area contributed by atoms with Crippen LogP contribution in [0.3, 0.4) is 0 Å². The molecule has 3 amide bonds. The molecule has 1 aliphatic rings. The predicted molar refractivity (Wildman–Crippen MR) is 114 cm³/mol. The Bertz CT molecular complexity index is 918. The summed E-state index contributed by atoms with van der Waals surface area (Å²) in [7, 11) is -3.65. The van der Waals surface area contributed by atoms with Crippen molar-refractivity contribution in [2.24, 2.45) is 0 Å². The number of benzene rings is 1. The van der Waals surface area contributed by atoms with Crippen molar-refractivity contribution in [3.05, 3.63) is 29.6 Å². The van der Waals surface area contributed by atoms with E-state index in [9.17, 15) is 27.5 Å². The van der Waals surface area contributed by atoms with Gasteiger partial charge in [-0.1, -0.05) is 6.07 Å². The molecule has 1 fully saturated rings. The van der Waals surface area contributed by atoms with E-state index in [1.165, 1.54) is 36.9 Å². The maximum atomic E-state index is 14.0. The third kappa shape index (κ3) is 8.69. The van der Waals surface area contributed by atoms with Crippen LogP contribution in [-0.2, 0) is 19.6 Å². The minimum absolute atomic E-state index is 0.0357. The first-order chi connectivity index (χ1) is 14.9. The number of rotatable bonds is 12. The number of imide groups is 1. The van der Waals surface area contributed by atoms with Gasteiger partial charge in [-0.3, -0.25) is 10.1 Å². The number of hydrogen-bond acceptors (Lipinski definition) is 7. The summed E-state index contributed by atoms with van der Waals surface area (Å²) in [6.07, 6.45) is 0.388. The maximum absolute atomic E-state index is 14.0. The van der Waals surface area contributed by atoms with E-state index in [0.29, 0.717) is 5.56 Å². The summed E-state index contributed by atoms with van der Waals surface area (Å²) in [4.78, 5) is 24.0. The van der Waals surface area contributed by atoms with Gasteiger partial charge in [-0.05, 0) is 44.9 Å². The highest BCUT2D eigenvalue weighted by Crippen LogP contribution is 2.24. The molecule has 1 aromatic carbocycles. The zero-order valence-corrected chi connectivity index (χ0v) is 19.2. The highest BCUT2D eigenvalue weighted by atomic mass is 32.2. The second kappa shape index (κ2) is 11.0. The van der Waals surface area contributed by atoms with Gasteiger partial charge >= 0.3 is 6.03 Å². The van der Waals surface area contributed by atoms with Crippen molar-refractivity contribution in [2.75, 3.05) is 32.2 Å². The minimum Gasteiger partial charge on any atom is -0.488 e. The third-order valence-electron chi connectivity index (χ3n) is 4.48. The first-order valence-corrected chi connectivity index (χ1v) is 11.8. The lowest BCUT2D eigenvalue weighted by atomic mass is 10.1. The van der Waals surface area contributed by atoms with E-state index in [2.05, 4.69) is 10.0 Å². The quantitative estimate of drug-likeness (QED) is 0.388. The van der Waals surface area contributed by atoms with Crippen molar-refractivity contribution >= 4 is 22.0 Å². The Kier molecular flexibility index (Phi) is 8.96. The highest BCUT2D eigenvalue weighted by Gasteiger charge is 2.23. The van der Waals surface area contributed by atoms with Crippen LogP contribution in [0.25, 0.3) is 0 Å². The van der Waals surface area contributed by atoms with E-state index in [4.69, 9.17) is 9.47 Å². The van der Waals surface area contributed by atoms with Crippen LogP contribution in [0, 0.1) is 5.82 Å². The lowest BCUT2D eigenvalue weighted by Crippen LogP contribution is -2.50. The molecule has 0 saturated carbocycles. The van der Waals surface area contributed by atoms with E-state index >= 15 is 0 Å².